The Kier molecular flexibility index (Phi) is 5.60. The molecule has 1 heterocycles. The molecule has 1 aliphatic heterocycles. The van der Waals surface area contributed by atoms with Gasteiger partial charge in [-0.15, -0.1) is 6.58 Å². The SMILES string of the molecule is C=CCSCCNCc1cc(Br)cc2c1OCC2. The summed E-state index contributed by atoms with van der Waals surface area (Å²) in [4.78, 5) is 0. The first-order valence-electron chi connectivity index (χ1n) is 6.14. The second kappa shape index (κ2) is 7.22. The van der Waals surface area contributed by atoms with Crippen molar-refractivity contribution in [2.45, 2.75) is 13.0 Å². The molecule has 0 saturated carbocycles. The lowest BCUT2D eigenvalue weighted by Gasteiger charge is -2.10. The Morgan fingerprint density at radius 1 is 1.50 bits per heavy atom. The van der Waals surface area contributed by atoms with Crippen LogP contribution in [0.25, 0.3) is 0 Å². The number of hydrogen-bond acceptors (Lipinski definition) is 3. The highest BCUT2D eigenvalue weighted by Gasteiger charge is 2.16. The highest BCUT2D eigenvalue weighted by Crippen LogP contribution is 2.32. The van der Waals surface area contributed by atoms with Gasteiger partial charge in [0, 0.05) is 41.1 Å². The van der Waals surface area contributed by atoms with Crippen LogP contribution in [-0.2, 0) is 13.0 Å². The highest BCUT2D eigenvalue weighted by molar-refractivity contribution is 9.10. The summed E-state index contributed by atoms with van der Waals surface area (Å²) in [7, 11) is 0. The Morgan fingerprint density at radius 3 is 3.22 bits per heavy atom. The molecule has 0 unspecified atom stereocenters. The van der Waals surface area contributed by atoms with Crippen molar-refractivity contribution in [3.63, 3.8) is 0 Å². The minimum absolute atomic E-state index is 0.813. The first kappa shape index (κ1) is 14.0. The van der Waals surface area contributed by atoms with Gasteiger partial charge in [-0.05, 0) is 17.7 Å². The fraction of sp³-hybridized carbons (Fsp3) is 0.429. The molecule has 98 valence electrons. The van der Waals surface area contributed by atoms with Crippen LogP contribution < -0.4 is 10.1 Å². The Bertz CT molecular complexity index is 423. The summed E-state index contributed by atoms with van der Waals surface area (Å²) in [6.45, 7) is 6.41. The maximum atomic E-state index is 5.70. The molecular formula is C14H18BrNOS. The number of nitrogens with one attached hydrogen (secondary N) is 1. The van der Waals surface area contributed by atoms with Gasteiger partial charge in [0.15, 0.2) is 0 Å². The molecule has 1 aromatic rings. The van der Waals surface area contributed by atoms with Gasteiger partial charge in [-0.3, -0.25) is 0 Å². The predicted molar refractivity (Wildman–Crippen MR) is 82.6 cm³/mol. The van der Waals surface area contributed by atoms with Gasteiger partial charge in [0.05, 0.1) is 6.61 Å². The second-order valence-corrected chi connectivity index (χ2v) is 6.26. The van der Waals surface area contributed by atoms with E-state index in [1.54, 1.807) is 0 Å². The molecule has 0 bridgehead atoms. The first-order chi connectivity index (χ1) is 8.81. The number of ether oxygens (including phenoxy) is 1. The summed E-state index contributed by atoms with van der Waals surface area (Å²) < 4.78 is 6.84. The molecular weight excluding hydrogens is 310 g/mol. The molecule has 0 aromatic heterocycles. The third-order valence-corrected chi connectivity index (χ3v) is 4.22. The molecule has 0 atom stereocenters. The van der Waals surface area contributed by atoms with Crippen LogP contribution in [0.4, 0.5) is 0 Å². The van der Waals surface area contributed by atoms with E-state index in [2.05, 4.69) is 40.0 Å². The number of fused-ring (bicyclic) bond motifs is 1. The van der Waals surface area contributed by atoms with E-state index in [0.29, 0.717) is 0 Å². The van der Waals surface area contributed by atoms with Crippen molar-refractivity contribution in [2.75, 3.05) is 24.7 Å². The fourth-order valence-electron chi connectivity index (χ4n) is 2.01. The zero-order chi connectivity index (χ0) is 12.8. The molecule has 0 fully saturated rings. The lowest BCUT2D eigenvalue weighted by atomic mass is 10.1. The zero-order valence-electron chi connectivity index (χ0n) is 10.4. The molecule has 0 spiro atoms. The van der Waals surface area contributed by atoms with Gasteiger partial charge < -0.3 is 10.1 Å². The number of benzene rings is 1. The third-order valence-electron chi connectivity index (χ3n) is 2.80. The molecule has 0 amide bonds. The molecule has 2 nitrogen and oxygen atoms in total. The van der Waals surface area contributed by atoms with Crippen LogP contribution in [0.15, 0.2) is 29.3 Å². The summed E-state index contributed by atoms with van der Waals surface area (Å²) >= 11 is 5.46. The summed E-state index contributed by atoms with van der Waals surface area (Å²) in [5.41, 5.74) is 2.58. The normalized spacial score (nSPS) is 13.2. The van der Waals surface area contributed by atoms with Crippen molar-refractivity contribution in [1.29, 1.82) is 0 Å². The van der Waals surface area contributed by atoms with E-state index >= 15 is 0 Å². The zero-order valence-corrected chi connectivity index (χ0v) is 12.8. The van der Waals surface area contributed by atoms with Crippen molar-refractivity contribution >= 4 is 27.7 Å². The standard InChI is InChI=1S/C14H18BrNOS/c1-2-6-18-7-4-16-10-12-9-13(15)8-11-3-5-17-14(11)12/h2,8-9,16H,1,3-7,10H2. The lowest BCUT2D eigenvalue weighted by molar-refractivity contribution is 0.352. The van der Waals surface area contributed by atoms with Crippen molar-refractivity contribution in [3.05, 3.63) is 40.4 Å². The van der Waals surface area contributed by atoms with Gasteiger partial charge in [-0.25, -0.2) is 0 Å². The van der Waals surface area contributed by atoms with Crippen LogP contribution in [0, 0.1) is 0 Å². The van der Waals surface area contributed by atoms with E-state index in [-0.39, 0.29) is 0 Å². The minimum Gasteiger partial charge on any atom is -0.493 e. The first-order valence-corrected chi connectivity index (χ1v) is 8.09. The van der Waals surface area contributed by atoms with Crippen LogP contribution in [-0.4, -0.2) is 24.7 Å². The molecule has 0 saturated heterocycles. The quantitative estimate of drug-likeness (QED) is 0.612. The fourth-order valence-corrected chi connectivity index (χ4v) is 3.19. The molecule has 1 aliphatic rings. The highest BCUT2D eigenvalue weighted by atomic mass is 79.9. The smallest absolute Gasteiger partial charge is 0.127 e. The number of rotatable bonds is 7. The van der Waals surface area contributed by atoms with Crippen LogP contribution >= 0.6 is 27.7 Å². The largest absolute Gasteiger partial charge is 0.493 e. The molecule has 1 N–H and O–H groups in total. The van der Waals surface area contributed by atoms with Gasteiger partial charge in [-0.1, -0.05) is 22.0 Å². The Balaban J connectivity index is 1.84. The third kappa shape index (κ3) is 3.77. The van der Waals surface area contributed by atoms with Gasteiger partial charge in [-0.2, -0.15) is 11.8 Å². The van der Waals surface area contributed by atoms with Crippen molar-refractivity contribution in [2.24, 2.45) is 0 Å². The maximum absolute atomic E-state index is 5.70. The number of halogens is 1. The van der Waals surface area contributed by atoms with Crippen molar-refractivity contribution in [3.8, 4) is 5.75 Å². The molecule has 0 radical (unpaired) electrons. The summed E-state index contributed by atoms with van der Waals surface area (Å²) in [5, 5.41) is 3.46. The average molecular weight is 328 g/mol. The van der Waals surface area contributed by atoms with Crippen LogP contribution in [0.3, 0.4) is 0 Å². The van der Waals surface area contributed by atoms with Gasteiger partial charge in [0.25, 0.3) is 0 Å². The van der Waals surface area contributed by atoms with Crippen LogP contribution in [0.1, 0.15) is 11.1 Å². The summed E-state index contributed by atoms with van der Waals surface area (Å²) in [5.74, 6) is 3.23. The Morgan fingerprint density at radius 2 is 2.39 bits per heavy atom. The monoisotopic (exact) mass is 327 g/mol. The molecule has 4 heteroatoms. The Labute approximate surface area is 121 Å². The Hall–Kier alpha value is -0.450. The number of hydrogen-bond donors (Lipinski definition) is 1. The van der Waals surface area contributed by atoms with Crippen molar-refractivity contribution < 1.29 is 4.74 Å². The topological polar surface area (TPSA) is 21.3 Å². The summed E-state index contributed by atoms with van der Waals surface area (Å²) in [6, 6.07) is 4.31. The molecule has 0 aliphatic carbocycles. The van der Waals surface area contributed by atoms with E-state index in [1.165, 1.54) is 11.1 Å². The number of thioether (sulfide) groups is 1. The van der Waals surface area contributed by atoms with Crippen molar-refractivity contribution in [1.82, 2.24) is 5.32 Å². The van der Waals surface area contributed by atoms with E-state index < -0.39 is 0 Å². The molecule has 18 heavy (non-hydrogen) atoms. The molecule has 1 aromatic carbocycles. The maximum Gasteiger partial charge on any atom is 0.127 e. The predicted octanol–water partition coefficient (Wildman–Crippen LogP) is 3.39. The van der Waals surface area contributed by atoms with Gasteiger partial charge in [0.1, 0.15) is 5.75 Å². The van der Waals surface area contributed by atoms with Gasteiger partial charge in [0.2, 0.25) is 0 Å². The summed E-state index contributed by atoms with van der Waals surface area (Å²) in [6.07, 6.45) is 2.97. The molecule has 2 rings (SSSR count). The van der Waals surface area contributed by atoms with Gasteiger partial charge >= 0.3 is 0 Å². The van der Waals surface area contributed by atoms with E-state index in [1.807, 2.05) is 17.8 Å². The van der Waals surface area contributed by atoms with Crippen LogP contribution in [0.5, 0.6) is 5.75 Å². The minimum atomic E-state index is 0.813. The van der Waals surface area contributed by atoms with E-state index in [9.17, 15) is 0 Å². The second-order valence-electron chi connectivity index (χ2n) is 4.19. The van der Waals surface area contributed by atoms with Crippen LogP contribution in [0.2, 0.25) is 0 Å². The average Bonchev–Trinajstić information content (AvgIpc) is 2.81. The van der Waals surface area contributed by atoms with E-state index in [0.717, 1.165) is 47.8 Å². The lowest BCUT2D eigenvalue weighted by Crippen LogP contribution is -2.17. The van der Waals surface area contributed by atoms with E-state index in [4.69, 9.17) is 4.74 Å².